The Bertz CT molecular complexity index is 320. The number of nitrogens with one attached hydrogen (secondary N) is 1. The zero-order chi connectivity index (χ0) is 13.9. The first-order valence-corrected chi connectivity index (χ1v) is 7.44. The number of hydrogen-bond donors (Lipinski definition) is 1. The Balaban J connectivity index is 2.27. The average Bonchev–Trinajstić information content (AvgIpc) is 2.45. The van der Waals surface area contributed by atoms with Gasteiger partial charge in [-0.15, -0.1) is 0 Å². The standard InChI is InChI=1S/C16H28N2O/c1-4-11-17-14-15-7-9-16(10-8-15)19-13-12-18(5-2)6-3/h7-10,17H,4-6,11-14H2,1-3H3. The highest BCUT2D eigenvalue weighted by Gasteiger charge is 2.00. The monoisotopic (exact) mass is 264 g/mol. The first-order chi connectivity index (χ1) is 9.30. The van der Waals surface area contributed by atoms with Gasteiger partial charge in [0, 0.05) is 13.1 Å². The van der Waals surface area contributed by atoms with Gasteiger partial charge < -0.3 is 15.0 Å². The van der Waals surface area contributed by atoms with Crippen molar-refractivity contribution in [2.75, 3.05) is 32.8 Å². The minimum atomic E-state index is 0.759. The fourth-order valence-corrected chi connectivity index (χ4v) is 1.95. The van der Waals surface area contributed by atoms with Crippen molar-refractivity contribution in [3.8, 4) is 5.75 Å². The molecule has 0 radical (unpaired) electrons. The van der Waals surface area contributed by atoms with Crippen LogP contribution in [-0.4, -0.2) is 37.7 Å². The van der Waals surface area contributed by atoms with Crippen LogP contribution in [0.4, 0.5) is 0 Å². The van der Waals surface area contributed by atoms with Gasteiger partial charge in [-0.3, -0.25) is 0 Å². The van der Waals surface area contributed by atoms with E-state index in [9.17, 15) is 0 Å². The molecule has 0 aliphatic carbocycles. The number of nitrogens with zero attached hydrogens (tertiary/aromatic N) is 1. The summed E-state index contributed by atoms with van der Waals surface area (Å²) in [6.07, 6.45) is 1.17. The van der Waals surface area contributed by atoms with E-state index in [1.54, 1.807) is 0 Å². The summed E-state index contributed by atoms with van der Waals surface area (Å²) >= 11 is 0. The van der Waals surface area contributed by atoms with E-state index in [1.807, 2.05) is 0 Å². The van der Waals surface area contributed by atoms with Crippen LogP contribution in [0.15, 0.2) is 24.3 Å². The molecule has 19 heavy (non-hydrogen) atoms. The molecule has 0 heterocycles. The first-order valence-electron chi connectivity index (χ1n) is 7.44. The number of likely N-dealkylation sites (N-methyl/N-ethyl adjacent to an activating group) is 1. The molecule has 1 aromatic rings. The summed E-state index contributed by atoms with van der Waals surface area (Å²) in [7, 11) is 0. The third-order valence-corrected chi connectivity index (χ3v) is 3.25. The minimum absolute atomic E-state index is 0.759. The molecular weight excluding hydrogens is 236 g/mol. The predicted octanol–water partition coefficient (Wildman–Crippen LogP) is 2.91. The van der Waals surface area contributed by atoms with Crippen LogP contribution in [0.5, 0.6) is 5.75 Å². The molecule has 0 aliphatic rings. The van der Waals surface area contributed by atoms with Crippen LogP contribution in [-0.2, 0) is 6.54 Å². The third kappa shape index (κ3) is 6.60. The summed E-state index contributed by atoms with van der Waals surface area (Å²) in [5.41, 5.74) is 1.31. The van der Waals surface area contributed by atoms with Gasteiger partial charge in [0.25, 0.3) is 0 Å². The van der Waals surface area contributed by atoms with Gasteiger partial charge in [0.05, 0.1) is 0 Å². The highest BCUT2D eigenvalue weighted by molar-refractivity contribution is 5.27. The van der Waals surface area contributed by atoms with Gasteiger partial charge in [0.2, 0.25) is 0 Å². The van der Waals surface area contributed by atoms with Crippen LogP contribution in [0.25, 0.3) is 0 Å². The Labute approximate surface area is 118 Å². The number of hydrogen-bond acceptors (Lipinski definition) is 3. The Kier molecular flexibility index (Phi) is 8.26. The second-order valence-electron chi connectivity index (χ2n) is 4.70. The first kappa shape index (κ1) is 16.0. The molecule has 1 N–H and O–H groups in total. The SMILES string of the molecule is CCCNCc1ccc(OCCN(CC)CC)cc1. The molecule has 3 nitrogen and oxygen atoms in total. The molecule has 1 rings (SSSR count). The van der Waals surface area contributed by atoms with Crippen molar-refractivity contribution >= 4 is 0 Å². The van der Waals surface area contributed by atoms with Gasteiger partial charge in [0.1, 0.15) is 12.4 Å². The topological polar surface area (TPSA) is 24.5 Å². The van der Waals surface area contributed by atoms with E-state index in [0.29, 0.717) is 0 Å². The smallest absolute Gasteiger partial charge is 0.119 e. The van der Waals surface area contributed by atoms with Crippen molar-refractivity contribution in [3.63, 3.8) is 0 Å². The van der Waals surface area contributed by atoms with Crippen molar-refractivity contribution in [3.05, 3.63) is 29.8 Å². The maximum absolute atomic E-state index is 5.76. The Hall–Kier alpha value is -1.06. The lowest BCUT2D eigenvalue weighted by molar-refractivity contribution is 0.223. The second-order valence-corrected chi connectivity index (χ2v) is 4.70. The lowest BCUT2D eigenvalue weighted by Crippen LogP contribution is -2.27. The van der Waals surface area contributed by atoms with Gasteiger partial charge in [-0.1, -0.05) is 32.9 Å². The number of ether oxygens (including phenoxy) is 1. The maximum Gasteiger partial charge on any atom is 0.119 e. The van der Waals surface area contributed by atoms with E-state index in [1.165, 1.54) is 12.0 Å². The van der Waals surface area contributed by atoms with Gasteiger partial charge in [-0.05, 0) is 43.8 Å². The van der Waals surface area contributed by atoms with E-state index in [4.69, 9.17) is 4.74 Å². The summed E-state index contributed by atoms with van der Waals surface area (Å²) in [5, 5.41) is 3.40. The molecule has 0 atom stereocenters. The largest absolute Gasteiger partial charge is 0.492 e. The average molecular weight is 264 g/mol. The lowest BCUT2D eigenvalue weighted by atomic mass is 10.2. The minimum Gasteiger partial charge on any atom is -0.492 e. The molecule has 0 fully saturated rings. The molecule has 3 heteroatoms. The molecule has 0 aliphatic heterocycles. The number of rotatable bonds is 10. The van der Waals surface area contributed by atoms with Gasteiger partial charge in [-0.25, -0.2) is 0 Å². The Morgan fingerprint density at radius 1 is 1.05 bits per heavy atom. The van der Waals surface area contributed by atoms with Gasteiger partial charge >= 0.3 is 0 Å². The number of benzene rings is 1. The molecule has 0 saturated heterocycles. The van der Waals surface area contributed by atoms with Crippen molar-refractivity contribution in [2.24, 2.45) is 0 Å². The zero-order valence-electron chi connectivity index (χ0n) is 12.6. The van der Waals surface area contributed by atoms with Crippen LogP contribution >= 0.6 is 0 Å². The zero-order valence-corrected chi connectivity index (χ0v) is 12.6. The summed E-state index contributed by atoms with van der Waals surface area (Å²) in [6, 6.07) is 8.39. The van der Waals surface area contributed by atoms with Gasteiger partial charge in [-0.2, -0.15) is 0 Å². The molecule has 0 spiro atoms. The molecular formula is C16H28N2O. The molecule has 0 saturated carbocycles. The molecule has 1 aromatic carbocycles. The predicted molar refractivity (Wildman–Crippen MR) is 81.7 cm³/mol. The maximum atomic E-state index is 5.76. The van der Waals surface area contributed by atoms with Crippen LogP contribution < -0.4 is 10.1 Å². The summed E-state index contributed by atoms with van der Waals surface area (Å²) in [6.45, 7) is 12.5. The van der Waals surface area contributed by atoms with E-state index >= 15 is 0 Å². The highest BCUT2D eigenvalue weighted by Crippen LogP contribution is 2.12. The van der Waals surface area contributed by atoms with Crippen LogP contribution in [0, 0.1) is 0 Å². The molecule has 0 bridgehead atoms. The Morgan fingerprint density at radius 2 is 1.74 bits per heavy atom. The summed E-state index contributed by atoms with van der Waals surface area (Å²) in [5.74, 6) is 0.964. The van der Waals surface area contributed by atoms with E-state index < -0.39 is 0 Å². The van der Waals surface area contributed by atoms with Crippen molar-refractivity contribution < 1.29 is 4.74 Å². The van der Waals surface area contributed by atoms with Crippen molar-refractivity contribution in [1.82, 2.24) is 10.2 Å². The molecule has 0 unspecified atom stereocenters. The van der Waals surface area contributed by atoms with E-state index in [0.717, 1.165) is 45.1 Å². The normalized spacial score (nSPS) is 10.9. The molecule has 0 aromatic heterocycles. The second kappa shape index (κ2) is 9.82. The fraction of sp³-hybridized carbons (Fsp3) is 0.625. The Morgan fingerprint density at radius 3 is 2.32 bits per heavy atom. The van der Waals surface area contributed by atoms with E-state index in [-0.39, 0.29) is 0 Å². The van der Waals surface area contributed by atoms with E-state index in [2.05, 4.69) is 55.3 Å². The van der Waals surface area contributed by atoms with Crippen LogP contribution in [0.1, 0.15) is 32.8 Å². The summed E-state index contributed by atoms with van der Waals surface area (Å²) < 4.78 is 5.76. The lowest BCUT2D eigenvalue weighted by Gasteiger charge is -2.18. The summed E-state index contributed by atoms with van der Waals surface area (Å²) in [4.78, 5) is 2.36. The van der Waals surface area contributed by atoms with Crippen molar-refractivity contribution in [1.29, 1.82) is 0 Å². The quantitative estimate of drug-likeness (QED) is 0.658. The third-order valence-electron chi connectivity index (χ3n) is 3.25. The van der Waals surface area contributed by atoms with Crippen molar-refractivity contribution in [2.45, 2.75) is 33.7 Å². The molecule has 0 amide bonds. The highest BCUT2D eigenvalue weighted by atomic mass is 16.5. The van der Waals surface area contributed by atoms with Crippen LogP contribution in [0.3, 0.4) is 0 Å². The molecule has 108 valence electrons. The van der Waals surface area contributed by atoms with Gasteiger partial charge in [0.15, 0.2) is 0 Å². The fourth-order valence-electron chi connectivity index (χ4n) is 1.95. The van der Waals surface area contributed by atoms with Crippen LogP contribution in [0.2, 0.25) is 0 Å².